The van der Waals surface area contributed by atoms with Crippen molar-refractivity contribution >= 4 is 23.6 Å². The quantitative estimate of drug-likeness (QED) is 0.562. The molecule has 0 aromatic heterocycles. The van der Waals surface area contributed by atoms with Crippen LogP contribution in [0.2, 0.25) is 0 Å². The normalized spacial score (nSPS) is 11.9. The van der Waals surface area contributed by atoms with Gasteiger partial charge in [-0.2, -0.15) is 0 Å². The molecule has 5 nitrogen and oxygen atoms in total. The summed E-state index contributed by atoms with van der Waals surface area (Å²) in [5, 5.41) is 2.47. The zero-order valence-corrected chi connectivity index (χ0v) is 8.52. The van der Waals surface area contributed by atoms with Crippen LogP contribution < -0.4 is 11.1 Å². The van der Waals surface area contributed by atoms with Gasteiger partial charge in [0.2, 0.25) is 5.91 Å². The first-order valence-corrected chi connectivity index (χ1v) is 4.89. The number of carbonyl (C=O) groups excluding carboxylic acids is 2. The number of amides is 1. The van der Waals surface area contributed by atoms with Crippen molar-refractivity contribution in [3.05, 3.63) is 0 Å². The molecule has 0 aliphatic carbocycles. The average Bonchev–Trinajstić information content (AvgIpc) is 2.15. The minimum Gasteiger partial charge on any atom is -0.468 e. The van der Waals surface area contributed by atoms with Crippen molar-refractivity contribution in [2.24, 2.45) is 5.73 Å². The lowest BCUT2D eigenvalue weighted by atomic mass is 10.4. The van der Waals surface area contributed by atoms with Gasteiger partial charge in [-0.25, -0.2) is 0 Å². The SMILES string of the molecule is CNC(=O)CSCC(N)C(=O)OC. The van der Waals surface area contributed by atoms with Crippen LogP contribution in [0.15, 0.2) is 0 Å². The molecule has 3 N–H and O–H groups in total. The molecule has 6 heteroatoms. The first kappa shape index (κ1) is 12.2. The summed E-state index contributed by atoms with van der Waals surface area (Å²) >= 11 is 1.30. The summed E-state index contributed by atoms with van der Waals surface area (Å²) in [5.74, 6) is 0.160. The van der Waals surface area contributed by atoms with E-state index in [1.165, 1.54) is 18.9 Å². The molecule has 1 atom stereocenters. The summed E-state index contributed by atoms with van der Waals surface area (Å²) in [7, 11) is 2.84. The van der Waals surface area contributed by atoms with Gasteiger partial charge in [0, 0.05) is 12.8 Å². The Balaban J connectivity index is 3.53. The number of nitrogens with two attached hydrogens (primary N) is 1. The van der Waals surface area contributed by atoms with E-state index in [1.807, 2.05) is 0 Å². The third-order valence-corrected chi connectivity index (χ3v) is 2.37. The number of carbonyl (C=O) groups is 2. The Morgan fingerprint density at radius 3 is 2.69 bits per heavy atom. The van der Waals surface area contributed by atoms with Crippen LogP contribution in [0, 0.1) is 0 Å². The van der Waals surface area contributed by atoms with Crippen LogP contribution in [-0.4, -0.2) is 43.6 Å². The number of hydrogen-bond acceptors (Lipinski definition) is 5. The van der Waals surface area contributed by atoms with Gasteiger partial charge >= 0.3 is 5.97 Å². The summed E-state index contributed by atoms with van der Waals surface area (Å²) in [6.07, 6.45) is 0. The summed E-state index contributed by atoms with van der Waals surface area (Å²) in [5.41, 5.74) is 5.43. The Morgan fingerprint density at radius 1 is 1.62 bits per heavy atom. The molecule has 0 rings (SSSR count). The predicted octanol–water partition coefficient (Wildman–Crippen LogP) is -1.03. The number of thioether (sulfide) groups is 1. The Morgan fingerprint density at radius 2 is 2.23 bits per heavy atom. The highest BCUT2D eigenvalue weighted by Crippen LogP contribution is 2.01. The van der Waals surface area contributed by atoms with Gasteiger partial charge < -0.3 is 15.8 Å². The molecule has 0 spiro atoms. The molecule has 0 saturated heterocycles. The zero-order chi connectivity index (χ0) is 10.3. The van der Waals surface area contributed by atoms with Gasteiger partial charge in [-0.15, -0.1) is 11.8 Å². The average molecular weight is 206 g/mol. The number of nitrogens with one attached hydrogen (secondary N) is 1. The van der Waals surface area contributed by atoms with Crippen molar-refractivity contribution in [2.75, 3.05) is 25.7 Å². The Kier molecular flexibility index (Phi) is 6.34. The van der Waals surface area contributed by atoms with Crippen molar-refractivity contribution in [1.29, 1.82) is 0 Å². The maximum absolute atomic E-state index is 10.8. The van der Waals surface area contributed by atoms with E-state index >= 15 is 0 Å². The fraction of sp³-hybridized carbons (Fsp3) is 0.714. The maximum Gasteiger partial charge on any atom is 0.323 e. The summed E-state index contributed by atoms with van der Waals surface area (Å²) < 4.78 is 4.42. The summed E-state index contributed by atoms with van der Waals surface area (Å²) in [6.45, 7) is 0. The van der Waals surface area contributed by atoms with E-state index in [4.69, 9.17) is 5.73 Å². The number of ether oxygens (including phenoxy) is 1. The van der Waals surface area contributed by atoms with Gasteiger partial charge in [0.15, 0.2) is 0 Å². The number of hydrogen-bond donors (Lipinski definition) is 2. The third kappa shape index (κ3) is 5.48. The molecule has 0 heterocycles. The van der Waals surface area contributed by atoms with Crippen LogP contribution >= 0.6 is 11.8 Å². The van der Waals surface area contributed by atoms with Crippen LogP contribution in [-0.2, 0) is 14.3 Å². The van der Waals surface area contributed by atoms with E-state index in [2.05, 4.69) is 10.1 Å². The fourth-order valence-corrected chi connectivity index (χ4v) is 1.41. The molecule has 0 saturated carbocycles. The third-order valence-electron chi connectivity index (χ3n) is 1.31. The Labute approximate surface area is 81.4 Å². The molecule has 0 aliphatic heterocycles. The molecule has 0 bridgehead atoms. The van der Waals surface area contributed by atoms with Crippen molar-refractivity contribution in [3.63, 3.8) is 0 Å². The second kappa shape index (κ2) is 6.73. The van der Waals surface area contributed by atoms with E-state index in [0.29, 0.717) is 11.5 Å². The highest BCUT2D eigenvalue weighted by molar-refractivity contribution is 8.00. The smallest absolute Gasteiger partial charge is 0.323 e. The van der Waals surface area contributed by atoms with E-state index in [9.17, 15) is 9.59 Å². The zero-order valence-electron chi connectivity index (χ0n) is 7.70. The minimum atomic E-state index is -0.653. The molecule has 0 radical (unpaired) electrons. The molecule has 1 unspecified atom stereocenters. The molecule has 1 amide bonds. The Hall–Kier alpha value is -0.750. The number of esters is 1. The van der Waals surface area contributed by atoms with Crippen LogP contribution in [0.5, 0.6) is 0 Å². The van der Waals surface area contributed by atoms with E-state index in [0.717, 1.165) is 0 Å². The first-order valence-electron chi connectivity index (χ1n) is 3.73. The van der Waals surface area contributed by atoms with Crippen molar-refractivity contribution in [2.45, 2.75) is 6.04 Å². The first-order chi connectivity index (χ1) is 6.11. The molecule has 13 heavy (non-hydrogen) atoms. The molecular weight excluding hydrogens is 192 g/mol. The number of rotatable bonds is 5. The van der Waals surface area contributed by atoms with Gasteiger partial charge in [-0.1, -0.05) is 0 Å². The lowest BCUT2D eigenvalue weighted by molar-refractivity contribution is -0.141. The molecule has 76 valence electrons. The molecule has 0 aromatic rings. The molecular formula is C7H14N2O3S. The minimum absolute atomic E-state index is 0.0814. The standard InChI is InChI=1S/C7H14N2O3S/c1-9-6(10)4-13-3-5(8)7(11)12-2/h5H,3-4,8H2,1-2H3,(H,9,10). The fourth-order valence-electron chi connectivity index (χ4n) is 0.570. The summed E-state index contributed by atoms with van der Waals surface area (Å²) in [6, 6.07) is -0.653. The Bertz CT molecular complexity index is 187. The van der Waals surface area contributed by atoms with E-state index in [-0.39, 0.29) is 5.91 Å². The summed E-state index contributed by atoms with van der Waals surface area (Å²) in [4.78, 5) is 21.5. The lowest BCUT2D eigenvalue weighted by Crippen LogP contribution is -2.34. The van der Waals surface area contributed by atoms with Crippen LogP contribution in [0.4, 0.5) is 0 Å². The largest absolute Gasteiger partial charge is 0.468 e. The van der Waals surface area contributed by atoms with Crippen LogP contribution in [0.3, 0.4) is 0 Å². The maximum atomic E-state index is 10.8. The monoisotopic (exact) mass is 206 g/mol. The van der Waals surface area contributed by atoms with E-state index < -0.39 is 12.0 Å². The van der Waals surface area contributed by atoms with Gasteiger partial charge in [0.05, 0.1) is 12.9 Å². The second-order valence-electron chi connectivity index (χ2n) is 2.32. The van der Waals surface area contributed by atoms with Crippen LogP contribution in [0.1, 0.15) is 0 Å². The van der Waals surface area contributed by atoms with Gasteiger partial charge in [-0.05, 0) is 0 Å². The highest BCUT2D eigenvalue weighted by atomic mass is 32.2. The molecule has 0 aromatic carbocycles. The topological polar surface area (TPSA) is 81.4 Å². The van der Waals surface area contributed by atoms with Gasteiger partial charge in [0.1, 0.15) is 6.04 Å². The van der Waals surface area contributed by atoms with Crippen molar-refractivity contribution in [3.8, 4) is 0 Å². The second-order valence-corrected chi connectivity index (χ2v) is 3.35. The molecule has 0 aliphatic rings. The number of methoxy groups -OCH3 is 1. The van der Waals surface area contributed by atoms with Gasteiger partial charge in [-0.3, -0.25) is 9.59 Å². The van der Waals surface area contributed by atoms with Crippen molar-refractivity contribution < 1.29 is 14.3 Å². The van der Waals surface area contributed by atoms with E-state index in [1.54, 1.807) is 7.05 Å². The van der Waals surface area contributed by atoms with Crippen molar-refractivity contribution in [1.82, 2.24) is 5.32 Å². The predicted molar refractivity (Wildman–Crippen MR) is 51.4 cm³/mol. The van der Waals surface area contributed by atoms with Crippen LogP contribution in [0.25, 0.3) is 0 Å². The lowest BCUT2D eigenvalue weighted by Gasteiger charge is -2.07. The molecule has 0 fully saturated rings. The highest BCUT2D eigenvalue weighted by Gasteiger charge is 2.13. The van der Waals surface area contributed by atoms with Gasteiger partial charge in [0.25, 0.3) is 0 Å².